The molecule has 1 amide bonds. The maximum Gasteiger partial charge on any atom is 0.309 e. The van der Waals surface area contributed by atoms with Crippen molar-refractivity contribution in [3.8, 4) is 5.75 Å². The van der Waals surface area contributed by atoms with E-state index in [9.17, 15) is 19.7 Å². The standard InChI is InChI=1S/C18H17ClN2O6/c1-12-2-5-14(6-3-12)26-9-8-18(23)27-11-17(22)20-13-4-7-15(19)16(10-13)21(24)25/h2-7,10H,8-9,11H2,1H3,(H,20,22). The molecule has 2 aromatic rings. The molecule has 0 atom stereocenters. The second-order valence-corrected chi connectivity index (χ2v) is 5.95. The van der Waals surface area contributed by atoms with Crippen LogP contribution in [0.3, 0.4) is 0 Å². The molecule has 0 heterocycles. The highest BCUT2D eigenvalue weighted by molar-refractivity contribution is 6.32. The molecule has 0 aromatic heterocycles. The van der Waals surface area contributed by atoms with Gasteiger partial charge >= 0.3 is 5.97 Å². The number of aryl methyl sites for hydroxylation is 1. The smallest absolute Gasteiger partial charge is 0.309 e. The number of nitrogens with zero attached hydrogens (tertiary/aromatic N) is 1. The minimum absolute atomic E-state index is 0.0203. The van der Waals surface area contributed by atoms with Gasteiger partial charge < -0.3 is 14.8 Å². The first-order valence-corrected chi connectivity index (χ1v) is 8.32. The molecule has 2 aromatic carbocycles. The Labute approximate surface area is 160 Å². The highest BCUT2D eigenvalue weighted by atomic mass is 35.5. The van der Waals surface area contributed by atoms with E-state index < -0.39 is 23.4 Å². The molecule has 0 saturated heterocycles. The Morgan fingerprint density at radius 1 is 1.19 bits per heavy atom. The molecule has 0 aliphatic rings. The zero-order chi connectivity index (χ0) is 19.8. The number of anilines is 1. The molecule has 0 aliphatic carbocycles. The summed E-state index contributed by atoms with van der Waals surface area (Å²) in [4.78, 5) is 33.6. The van der Waals surface area contributed by atoms with E-state index in [-0.39, 0.29) is 29.4 Å². The Hall–Kier alpha value is -3.13. The molecule has 0 radical (unpaired) electrons. The molecule has 0 aliphatic heterocycles. The number of carbonyl (C=O) groups is 2. The third-order valence-corrected chi connectivity index (χ3v) is 3.71. The van der Waals surface area contributed by atoms with Gasteiger partial charge in [-0.1, -0.05) is 29.3 Å². The zero-order valence-corrected chi connectivity index (χ0v) is 15.2. The Balaban J connectivity index is 1.73. The minimum Gasteiger partial charge on any atom is -0.493 e. The van der Waals surface area contributed by atoms with E-state index in [1.807, 2.05) is 19.1 Å². The largest absolute Gasteiger partial charge is 0.493 e. The molecule has 0 unspecified atom stereocenters. The highest BCUT2D eigenvalue weighted by Gasteiger charge is 2.14. The monoisotopic (exact) mass is 392 g/mol. The van der Waals surface area contributed by atoms with Gasteiger partial charge in [0.1, 0.15) is 10.8 Å². The van der Waals surface area contributed by atoms with Crippen molar-refractivity contribution in [2.75, 3.05) is 18.5 Å². The number of benzene rings is 2. The number of carbonyl (C=O) groups excluding carboxylic acids is 2. The topological polar surface area (TPSA) is 108 Å². The lowest BCUT2D eigenvalue weighted by molar-refractivity contribution is -0.384. The van der Waals surface area contributed by atoms with E-state index in [1.165, 1.54) is 12.1 Å². The number of halogens is 1. The number of hydrogen-bond acceptors (Lipinski definition) is 6. The summed E-state index contributed by atoms with van der Waals surface area (Å²) in [5.41, 5.74) is 0.938. The van der Waals surface area contributed by atoms with Crippen LogP contribution in [-0.4, -0.2) is 30.0 Å². The predicted octanol–water partition coefficient (Wildman–Crippen LogP) is 3.51. The van der Waals surface area contributed by atoms with E-state index >= 15 is 0 Å². The molecule has 2 rings (SSSR count). The SMILES string of the molecule is Cc1ccc(OCCC(=O)OCC(=O)Nc2ccc(Cl)c([N+](=O)[O-])c2)cc1. The zero-order valence-electron chi connectivity index (χ0n) is 14.4. The van der Waals surface area contributed by atoms with Crippen LogP contribution in [0.15, 0.2) is 42.5 Å². The van der Waals surface area contributed by atoms with Crippen molar-refractivity contribution in [1.82, 2.24) is 0 Å². The van der Waals surface area contributed by atoms with Gasteiger partial charge in [0.2, 0.25) is 0 Å². The van der Waals surface area contributed by atoms with Crippen LogP contribution in [0.4, 0.5) is 11.4 Å². The number of ether oxygens (including phenoxy) is 2. The van der Waals surface area contributed by atoms with Gasteiger partial charge in [-0.2, -0.15) is 0 Å². The Bertz CT molecular complexity index is 838. The van der Waals surface area contributed by atoms with Crippen molar-refractivity contribution in [3.63, 3.8) is 0 Å². The number of esters is 1. The second-order valence-electron chi connectivity index (χ2n) is 5.54. The third kappa shape index (κ3) is 6.59. The average Bonchev–Trinajstić information content (AvgIpc) is 2.63. The van der Waals surface area contributed by atoms with Crippen LogP contribution >= 0.6 is 11.6 Å². The molecule has 8 nitrogen and oxygen atoms in total. The van der Waals surface area contributed by atoms with Gasteiger partial charge in [-0.25, -0.2) is 0 Å². The summed E-state index contributed by atoms with van der Waals surface area (Å²) in [6, 6.07) is 11.2. The first-order valence-electron chi connectivity index (χ1n) is 7.94. The third-order valence-electron chi connectivity index (χ3n) is 3.39. The van der Waals surface area contributed by atoms with Crippen molar-refractivity contribution in [1.29, 1.82) is 0 Å². The highest BCUT2D eigenvalue weighted by Crippen LogP contribution is 2.27. The quantitative estimate of drug-likeness (QED) is 0.418. The fourth-order valence-electron chi connectivity index (χ4n) is 2.03. The van der Waals surface area contributed by atoms with Gasteiger partial charge in [-0.3, -0.25) is 19.7 Å². The molecule has 0 saturated carbocycles. The molecule has 0 fully saturated rings. The van der Waals surface area contributed by atoms with Crippen molar-refractivity contribution < 1.29 is 24.0 Å². The average molecular weight is 393 g/mol. The van der Waals surface area contributed by atoms with Crippen molar-refractivity contribution >= 4 is 34.9 Å². The number of rotatable bonds is 8. The summed E-state index contributed by atoms with van der Waals surface area (Å²) in [5, 5.41) is 13.2. The van der Waals surface area contributed by atoms with Crippen LogP contribution in [0, 0.1) is 17.0 Å². The van der Waals surface area contributed by atoms with Crippen LogP contribution in [-0.2, 0) is 14.3 Å². The number of nitro benzene ring substituents is 1. The first kappa shape index (κ1) is 20.2. The van der Waals surface area contributed by atoms with Crippen LogP contribution in [0.25, 0.3) is 0 Å². The van der Waals surface area contributed by atoms with Gasteiger partial charge in [-0.15, -0.1) is 0 Å². The Kier molecular flexibility index (Phi) is 7.13. The Morgan fingerprint density at radius 2 is 1.89 bits per heavy atom. The molecule has 27 heavy (non-hydrogen) atoms. The second kappa shape index (κ2) is 9.54. The van der Waals surface area contributed by atoms with Crippen molar-refractivity contribution in [2.45, 2.75) is 13.3 Å². The van der Waals surface area contributed by atoms with Gasteiger partial charge in [0, 0.05) is 11.8 Å². The Morgan fingerprint density at radius 3 is 2.56 bits per heavy atom. The van der Waals surface area contributed by atoms with E-state index in [2.05, 4.69) is 5.32 Å². The maximum absolute atomic E-state index is 11.8. The van der Waals surface area contributed by atoms with Gasteiger partial charge in [0.05, 0.1) is 18.0 Å². The summed E-state index contributed by atoms with van der Waals surface area (Å²) in [5.74, 6) is -0.589. The predicted molar refractivity (Wildman–Crippen MR) is 99.0 cm³/mol. The van der Waals surface area contributed by atoms with Crippen LogP contribution in [0.5, 0.6) is 5.75 Å². The van der Waals surface area contributed by atoms with Gasteiger partial charge in [0.15, 0.2) is 6.61 Å². The number of nitrogens with one attached hydrogen (secondary N) is 1. The lowest BCUT2D eigenvalue weighted by Crippen LogP contribution is -2.21. The van der Waals surface area contributed by atoms with Crippen LogP contribution in [0.2, 0.25) is 5.02 Å². The number of amides is 1. The summed E-state index contributed by atoms with van der Waals surface area (Å²) in [6.07, 6.45) is -0.0203. The summed E-state index contributed by atoms with van der Waals surface area (Å²) >= 11 is 5.70. The van der Waals surface area contributed by atoms with E-state index in [0.717, 1.165) is 11.6 Å². The maximum atomic E-state index is 11.8. The van der Waals surface area contributed by atoms with Gasteiger partial charge in [-0.05, 0) is 31.2 Å². The molecule has 1 N–H and O–H groups in total. The van der Waals surface area contributed by atoms with Crippen molar-refractivity contribution in [2.24, 2.45) is 0 Å². The normalized spacial score (nSPS) is 10.1. The van der Waals surface area contributed by atoms with Crippen LogP contribution in [0.1, 0.15) is 12.0 Å². The summed E-state index contributed by atoms with van der Waals surface area (Å²) in [6.45, 7) is 1.56. The number of hydrogen-bond donors (Lipinski definition) is 1. The van der Waals surface area contributed by atoms with E-state index in [0.29, 0.717) is 5.75 Å². The lowest BCUT2D eigenvalue weighted by Gasteiger charge is -2.08. The first-order chi connectivity index (χ1) is 12.8. The molecular weight excluding hydrogens is 376 g/mol. The summed E-state index contributed by atoms with van der Waals surface area (Å²) in [7, 11) is 0. The molecule has 0 bridgehead atoms. The molecular formula is C18H17ClN2O6. The van der Waals surface area contributed by atoms with E-state index in [4.69, 9.17) is 21.1 Å². The fraction of sp³-hybridized carbons (Fsp3) is 0.222. The molecule has 142 valence electrons. The number of nitro groups is 1. The minimum atomic E-state index is -0.661. The van der Waals surface area contributed by atoms with Crippen molar-refractivity contribution in [3.05, 3.63) is 63.2 Å². The van der Waals surface area contributed by atoms with Gasteiger partial charge in [0.25, 0.3) is 11.6 Å². The lowest BCUT2D eigenvalue weighted by atomic mass is 10.2. The molecule has 0 spiro atoms. The van der Waals surface area contributed by atoms with Crippen LogP contribution < -0.4 is 10.1 Å². The summed E-state index contributed by atoms with van der Waals surface area (Å²) < 4.78 is 10.2. The van der Waals surface area contributed by atoms with E-state index in [1.54, 1.807) is 12.1 Å². The molecule has 9 heteroatoms. The fourth-order valence-corrected chi connectivity index (χ4v) is 2.22.